The maximum Gasteiger partial charge on any atom is 0.374 e. The summed E-state index contributed by atoms with van der Waals surface area (Å²) in [6.07, 6.45) is 2.20. The number of nitrogens with one attached hydrogen (secondary N) is 1. The van der Waals surface area contributed by atoms with Crippen LogP contribution in [0.15, 0.2) is 6.20 Å². The summed E-state index contributed by atoms with van der Waals surface area (Å²) in [6, 6.07) is -0.329. The quantitative estimate of drug-likeness (QED) is 0.629. The van der Waals surface area contributed by atoms with Crippen LogP contribution in [-0.2, 0) is 11.2 Å². The average Bonchev–Trinajstić information content (AvgIpc) is 2.62. The summed E-state index contributed by atoms with van der Waals surface area (Å²) < 4.78 is 5.75. The van der Waals surface area contributed by atoms with Gasteiger partial charge >= 0.3 is 12.0 Å². The second kappa shape index (κ2) is 3.13. The molecule has 0 saturated heterocycles. The number of aromatic nitrogens is 2. The van der Waals surface area contributed by atoms with E-state index in [9.17, 15) is 9.59 Å². The topological polar surface area (TPSA) is 73.2 Å². The molecule has 6 nitrogen and oxygen atoms in total. The van der Waals surface area contributed by atoms with Gasteiger partial charge in [0.05, 0.1) is 7.11 Å². The lowest BCUT2D eigenvalue weighted by Crippen LogP contribution is -2.38. The number of hydrogen-bond donors (Lipinski definition) is 1. The zero-order chi connectivity index (χ0) is 10.1. The molecule has 1 amide bonds. The number of methoxy groups -OCH3 is 1. The lowest BCUT2D eigenvalue weighted by molar-refractivity contribution is 0.0582. The fraction of sp³-hybridized carbons (Fsp3) is 0.375. The number of nitrogens with zero attached hydrogens (tertiary/aromatic N) is 2. The molecular weight excluding hydrogens is 186 g/mol. The molecule has 0 radical (unpaired) electrons. The molecule has 74 valence electrons. The summed E-state index contributed by atoms with van der Waals surface area (Å²) in [4.78, 5) is 26.4. The predicted molar refractivity (Wildman–Crippen MR) is 46.1 cm³/mol. The minimum absolute atomic E-state index is 0.0275. The zero-order valence-electron chi connectivity index (χ0n) is 7.61. The maximum atomic E-state index is 11.4. The normalized spacial score (nSPS) is 14.5. The second-order valence-electron chi connectivity index (χ2n) is 2.88. The third-order valence-electron chi connectivity index (χ3n) is 2.06. The van der Waals surface area contributed by atoms with Crippen molar-refractivity contribution in [2.24, 2.45) is 0 Å². The number of amides is 1. The molecule has 0 bridgehead atoms. The van der Waals surface area contributed by atoms with E-state index >= 15 is 0 Å². The van der Waals surface area contributed by atoms with Crippen LogP contribution in [0, 0.1) is 0 Å². The van der Waals surface area contributed by atoms with Gasteiger partial charge in [-0.15, -0.1) is 0 Å². The highest BCUT2D eigenvalue weighted by Gasteiger charge is 2.24. The van der Waals surface area contributed by atoms with Gasteiger partial charge in [-0.05, 0) is 0 Å². The van der Waals surface area contributed by atoms with Gasteiger partial charge in [-0.3, -0.25) is 0 Å². The molecule has 0 aliphatic carbocycles. The van der Waals surface area contributed by atoms with Gasteiger partial charge in [-0.25, -0.2) is 19.1 Å². The minimum Gasteiger partial charge on any atom is -0.463 e. The highest BCUT2D eigenvalue weighted by molar-refractivity contribution is 5.92. The number of carbonyl (C=O) groups is 2. The molecule has 0 aromatic carbocycles. The predicted octanol–water partition coefficient (Wildman–Crippen LogP) is -0.217. The molecule has 1 aliphatic heterocycles. The van der Waals surface area contributed by atoms with Crippen molar-refractivity contribution >= 4 is 12.0 Å². The van der Waals surface area contributed by atoms with Crippen molar-refractivity contribution in [1.29, 1.82) is 0 Å². The Morgan fingerprint density at radius 2 is 2.50 bits per heavy atom. The summed E-state index contributed by atoms with van der Waals surface area (Å²) in [7, 11) is 1.25. The molecule has 14 heavy (non-hydrogen) atoms. The van der Waals surface area contributed by atoms with Crippen molar-refractivity contribution in [3.63, 3.8) is 0 Å². The van der Waals surface area contributed by atoms with E-state index in [0.29, 0.717) is 13.0 Å². The fourth-order valence-electron chi connectivity index (χ4n) is 1.40. The van der Waals surface area contributed by atoms with Crippen LogP contribution >= 0.6 is 0 Å². The molecule has 1 aromatic rings. The standard InChI is InChI=1S/C8H9N3O3/c1-14-7(12)6-10-4-5-2-3-9-8(13)11(5)6/h4H,2-3H2,1H3,(H,9,13). The highest BCUT2D eigenvalue weighted by atomic mass is 16.5. The Hall–Kier alpha value is -1.85. The van der Waals surface area contributed by atoms with Gasteiger partial charge in [-0.2, -0.15) is 0 Å². The van der Waals surface area contributed by atoms with Crippen LogP contribution in [0.3, 0.4) is 0 Å². The van der Waals surface area contributed by atoms with Crippen molar-refractivity contribution in [2.75, 3.05) is 13.7 Å². The van der Waals surface area contributed by atoms with E-state index in [-0.39, 0.29) is 11.9 Å². The average molecular weight is 195 g/mol. The van der Waals surface area contributed by atoms with Crippen LogP contribution in [0.4, 0.5) is 4.79 Å². The van der Waals surface area contributed by atoms with Gasteiger partial charge in [0.25, 0.3) is 0 Å². The number of ether oxygens (including phenoxy) is 1. The van der Waals surface area contributed by atoms with Gasteiger partial charge < -0.3 is 10.1 Å². The van der Waals surface area contributed by atoms with E-state index in [1.165, 1.54) is 17.9 Å². The van der Waals surface area contributed by atoms with Crippen molar-refractivity contribution in [2.45, 2.75) is 6.42 Å². The zero-order valence-corrected chi connectivity index (χ0v) is 7.61. The monoisotopic (exact) mass is 195 g/mol. The van der Waals surface area contributed by atoms with Gasteiger partial charge in [0.1, 0.15) is 0 Å². The molecule has 0 unspecified atom stereocenters. The number of hydrogen-bond acceptors (Lipinski definition) is 4. The molecular formula is C8H9N3O3. The van der Waals surface area contributed by atoms with Crippen molar-refractivity contribution < 1.29 is 14.3 Å². The van der Waals surface area contributed by atoms with Gasteiger partial charge in [0.15, 0.2) is 0 Å². The third-order valence-corrected chi connectivity index (χ3v) is 2.06. The maximum absolute atomic E-state index is 11.4. The van der Waals surface area contributed by atoms with E-state index in [1.54, 1.807) is 0 Å². The lowest BCUT2D eigenvalue weighted by atomic mass is 10.3. The number of fused-ring (bicyclic) bond motifs is 1. The molecule has 0 spiro atoms. The second-order valence-corrected chi connectivity index (χ2v) is 2.88. The lowest BCUT2D eigenvalue weighted by Gasteiger charge is -2.15. The van der Waals surface area contributed by atoms with Crippen LogP contribution in [0.1, 0.15) is 16.3 Å². The third kappa shape index (κ3) is 1.15. The summed E-state index contributed by atoms with van der Waals surface area (Å²) in [5.41, 5.74) is 0.731. The Morgan fingerprint density at radius 1 is 1.71 bits per heavy atom. The van der Waals surface area contributed by atoms with Crippen LogP contribution in [0.25, 0.3) is 0 Å². The first kappa shape index (κ1) is 8.74. The summed E-state index contributed by atoms with van der Waals surface area (Å²) >= 11 is 0. The highest BCUT2D eigenvalue weighted by Crippen LogP contribution is 2.10. The summed E-state index contributed by atoms with van der Waals surface area (Å²) in [5, 5.41) is 2.62. The number of rotatable bonds is 1. The first-order chi connectivity index (χ1) is 6.74. The molecule has 1 aliphatic rings. The molecule has 0 saturated carbocycles. The van der Waals surface area contributed by atoms with E-state index in [2.05, 4.69) is 15.0 Å². The first-order valence-electron chi connectivity index (χ1n) is 4.17. The molecule has 0 fully saturated rings. The first-order valence-corrected chi connectivity index (χ1v) is 4.17. The van der Waals surface area contributed by atoms with Crippen molar-refractivity contribution in [3.05, 3.63) is 17.7 Å². The fourth-order valence-corrected chi connectivity index (χ4v) is 1.40. The number of imidazole rings is 1. The van der Waals surface area contributed by atoms with Crippen LogP contribution in [0.2, 0.25) is 0 Å². The molecule has 0 atom stereocenters. The van der Waals surface area contributed by atoms with E-state index in [4.69, 9.17) is 0 Å². The van der Waals surface area contributed by atoms with Crippen molar-refractivity contribution in [1.82, 2.24) is 14.9 Å². The number of carbonyl (C=O) groups excluding carboxylic acids is 2. The Bertz CT molecular complexity index is 397. The largest absolute Gasteiger partial charge is 0.463 e. The molecule has 6 heteroatoms. The summed E-state index contributed by atoms with van der Waals surface area (Å²) in [5.74, 6) is -0.576. The minimum atomic E-state index is -0.603. The Kier molecular flexibility index (Phi) is 1.95. The molecule has 1 aromatic heterocycles. The Balaban J connectivity index is 2.48. The molecule has 2 heterocycles. The van der Waals surface area contributed by atoms with Crippen LogP contribution < -0.4 is 5.32 Å². The van der Waals surface area contributed by atoms with Crippen LogP contribution in [0.5, 0.6) is 0 Å². The van der Waals surface area contributed by atoms with Crippen LogP contribution in [-0.4, -0.2) is 35.2 Å². The Labute approximate surface area is 79.9 Å². The SMILES string of the molecule is COC(=O)c1ncc2n1C(=O)NCC2. The smallest absolute Gasteiger partial charge is 0.374 e. The molecule has 2 rings (SSSR count). The van der Waals surface area contributed by atoms with E-state index in [1.807, 2.05) is 0 Å². The van der Waals surface area contributed by atoms with Gasteiger partial charge in [0.2, 0.25) is 5.82 Å². The van der Waals surface area contributed by atoms with E-state index < -0.39 is 5.97 Å². The van der Waals surface area contributed by atoms with E-state index in [0.717, 1.165) is 5.69 Å². The number of esters is 1. The summed E-state index contributed by atoms with van der Waals surface area (Å²) in [6.45, 7) is 0.575. The van der Waals surface area contributed by atoms with Gasteiger partial charge in [0, 0.05) is 24.9 Å². The molecule has 1 N–H and O–H groups in total. The van der Waals surface area contributed by atoms with Crippen molar-refractivity contribution in [3.8, 4) is 0 Å². The van der Waals surface area contributed by atoms with Gasteiger partial charge in [-0.1, -0.05) is 0 Å². The Morgan fingerprint density at radius 3 is 3.21 bits per heavy atom.